The van der Waals surface area contributed by atoms with Crippen LogP contribution in [0.25, 0.3) is 10.9 Å². The molecule has 8 rings (SSSR count). The zero-order chi connectivity index (χ0) is 41.0. The van der Waals surface area contributed by atoms with Crippen LogP contribution in [0.2, 0.25) is 0 Å². The first-order valence-corrected chi connectivity index (χ1v) is 22.2. The summed E-state index contributed by atoms with van der Waals surface area (Å²) < 4.78 is 51.1. The number of rotatable bonds is 8. The molecule has 2 saturated carbocycles. The molecule has 2 saturated heterocycles. The number of fused-ring (bicyclic) bond motifs is 5. The summed E-state index contributed by atoms with van der Waals surface area (Å²) in [7, 11) is -2.38. The summed E-state index contributed by atoms with van der Waals surface area (Å²) in [5.41, 5.74) is 0.0317. The predicted octanol–water partition coefficient (Wildman–Crippen LogP) is 4.17. The molecular weight excluding hydrogens is 767 g/mol. The summed E-state index contributed by atoms with van der Waals surface area (Å²) in [5.74, 6) is -0.861. The molecule has 5 atom stereocenters. The number of aryl methyl sites for hydroxylation is 1. The van der Waals surface area contributed by atoms with Gasteiger partial charge in [-0.3, -0.25) is 19.1 Å². The highest BCUT2D eigenvalue weighted by Crippen LogP contribution is 2.49. The number of nitrogens with zero attached hydrogens (tertiary/aromatic N) is 2. The quantitative estimate of drug-likeness (QED) is 0.324. The predicted molar refractivity (Wildman–Crippen MR) is 213 cm³/mol. The zero-order valence-electron chi connectivity index (χ0n) is 33.8. The second-order valence-corrected chi connectivity index (χ2v) is 19.9. The number of allylic oxidation sites excluding steroid dienone is 1. The Hall–Kier alpha value is -4.44. The van der Waals surface area contributed by atoms with Crippen LogP contribution in [-0.2, 0) is 40.3 Å². The van der Waals surface area contributed by atoms with Crippen molar-refractivity contribution >= 4 is 44.7 Å². The lowest BCUT2D eigenvalue weighted by Gasteiger charge is -2.37. The third kappa shape index (κ3) is 7.62. The highest BCUT2D eigenvalue weighted by molar-refractivity contribution is 7.91. The summed E-state index contributed by atoms with van der Waals surface area (Å²) in [4.78, 5) is 63.3. The van der Waals surface area contributed by atoms with E-state index < -0.39 is 67.7 Å². The molecule has 16 heteroatoms. The molecule has 2 aliphatic carbocycles. The van der Waals surface area contributed by atoms with E-state index >= 15 is 0 Å². The van der Waals surface area contributed by atoms with Crippen LogP contribution in [0.4, 0.5) is 4.79 Å². The summed E-state index contributed by atoms with van der Waals surface area (Å²) >= 11 is 0. The first-order valence-electron chi connectivity index (χ1n) is 20.7. The van der Waals surface area contributed by atoms with E-state index in [0.29, 0.717) is 69.7 Å². The van der Waals surface area contributed by atoms with E-state index in [1.807, 2.05) is 44.2 Å². The van der Waals surface area contributed by atoms with Crippen LogP contribution in [0.3, 0.4) is 0 Å². The minimum Gasteiger partial charge on any atom is -0.497 e. The number of carbonyl (C=O) groups excluding carboxylic acids is 4. The molecule has 314 valence electrons. The molecular formula is C42H55N5O10S. The van der Waals surface area contributed by atoms with Crippen molar-refractivity contribution in [3.8, 4) is 11.5 Å². The smallest absolute Gasteiger partial charge is 0.407 e. The topological polar surface area (TPSA) is 192 Å². The van der Waals surface area contributed by atoms with Gasteiger partial charge in [-0.25, -0.2) is 18.2 Å². The van der Waals surface area contributed by atoms with Gasteiger partial charge in [0.15, 0.2) is 0 Å². The summed E-state index contributed by atoms with van der Waals surface area (Å²) in [6.45, 7) is 6.90. The molecule has 1 spiro atoms. The van der Waals surface area contributed by atoms with Gasteiger partial charge in [0.05, 0.1) is 42.8 Å². The van der Waals surface area contributed by atoms with Gasteiger partial charge < -0.3 is 34.5 Å². The number of alkyl carbamates (subject to hydrolysis) is 1. The third-order valence-electron chi connectivity index (χ3n) is 13.0. The van der Waals surface area contributed by atoms with Crippen LogP contribution in [0, 0.1) is 11.8 Å². The van der Waals surface area contributed by atoms with Crippen LogP contribution in [0.5, 0.6) is 11.5 Å². The number of carbonyl (C=O) groups is 4. The Bertz CT molecular complexity index is 2130. The van der Waals surface area contributed by atoms with Crippen molar-refractivity contribution in [1.82, 2.24) is 25.2 Å². The van der Waals surface area contributed by atoms with Crippen molar-refractivity contribution in [2.45, 2.75) is 125 Å². The third-order valence-corrected chi connectivity index (χ3v) is 15.2. The first-order chi connectivity index (χ1) is 27.7. The maximum absolute atomic E-state index is 14.9. The minimum absolute atomic E-state index is 0.00862. The second-order valence-electron chi connectivity index (χ2n) is 17.7. The Labute approximate surface area is 339 Å². The van der Waals surface area contributed by atoms with Crippen molar-refractivity contribution in [3.63, 3.8) is 0 Å². The normalized spacial score (nSPS) is 30.0. The average molecular weight is 822 g/mol. The molecule has 4 amide bonds. The van der Waals surface area contributed by atoms with Gasteiger partial charge in [0.25, 0.3) is 5.91 Å². The summed E-state index contributed by atoms with van der Waals surface area (Å²) in [5, 5.41) is 6.68. The summed E-state index contributed by atoms with van der Waals surface area (Å²) in [6, 6.07) is 3.66. The van der Waals surface area contributed by atoms with Gasteiger partial charge in [-0.2, -0.15) is 0 Å². The Kier molecular flexibility index (Phi) is 10.6. The molecule has 58 heavy (non-hydrogen) atoms. The molecule has 6 aliphatic rings. The fourth-order valence-electron chi connectivity index (χ4n) is 8.81. The number of ether oxygens (including phenoxy) is 4. The van der Waals surface area contributed by atoms with E-state index in [9.17, 15) is 27.6 Å². The van der Waals surface area contributed by atoms with Crippen molar-refractivity contribution in [1.29, 1.82) is 0 Å². The van der Waals surface area contributed by atoms with Crippen LogP contribution in [0.15, 0.2) is 30.4 Å². The molecule has 1 aromatic heterocycles. The lowest BCUT2D eigenvalue weighted by molar-refractivity contribution is -0.141. The number of sulfonamides is 1. The molecule has 15 nitrogen and oxygen atoms in total. The number of nitrogens with one attached hydrogen (secondary N) is 3. The lowest BCUT2D eigenvalue weighted by Crippen LogP contribution is -2.58. The fraction of sp³-hybridized carbons (Fsp3) is 0.643. The fourth-order valence-corrected chi connectivity index (χ4v) is 10.1. The second kappa shape index (κ2) is 15.3. The number of hydrogen-bond donors (Lipinski definition) is 3. The van der Waals surface area contributed by atoms with Gasteiger partial charge in [0.2, 0.25) is 21.8 Å². The van der Waals surface area contributed by atoms with E-state index in [4.69, 9.17) is 23.9 Å². The lowest BCUT2D eigenvalue weighted by atomic mass is 9.86. The maximum atomic E-state index is 14.9. The van der Waals surface area contributed by atoms with Crippen molar-refractivity contribution in [2.24, 2.45) is 11.8 Å². The number of pyridine rings is 1. The number of amides is 4. The Balaban J connectivity index is 1.14. The highest BCUT2D eigenvalue weighted by atomic mass is 32.2. The van der Waals surface area contributed by atoms with Gasteiger partial charge >= 0.3 is 6.09 Å². The van der Waals surface area contributed by atoms with Crippen molar-refractivity contribution in [2.75, 3.05) is 33.5 Å². The Morgan fingerprint density at radius 2 is 1.90 bits per heavy atom. The zero-order valence-corrected chi connectivity index (χ0v) is 34.6. The Morgan fingerprint density at radius 1 is 1.10 bits per heavy atom. The van der Waals surface area contributed by atoms with E-state index in [2.05, 4.69) is 15.4 Å². The minimum atomic E-state index is -4.00. The standard InChI is InChI=1S/C42H55N5O10S/c1-25(2)34-35-29(30-18-28(54-4)12-13-31(30)43-34)14-15-41(57-35)20-33-36(48)45-42(38(50)46-58(52,53)40(3)16-17-40)19-27(42)10-8-6-5-7-9-11-32(37(49)47(33)24-41)44-39(51)56-23-26-21-55-22-26/h8,10,12-13,18,25-27,32-33H,5-7,9,11,14-17,19-24H2,1-4H3,(H,44,51)(H,45,48)(H,46,50)/b10-8-/t27-,32+,33+,41-,42-/m1/s1. The van der Waals surface area contributed by atoms with Crippen LogP contribution in [-0.4, -0.2) is 104 Å². The largest absolute Gasteiger partial charge is 0.497 e. The van der Waals surface area contributed by atoms with Crippen LogP contribution < -0.4 is 24.8 Å². The molecule has 5 heterocycles. The van der Waals surface area contributed by atoms with Crippen molar-refractivity contribution in [3.05, 3.63) is 41.6 Å². The molecule has 1 aromatic carbocycles. The maximum Gasteiger partial charge on any atom is 0.407 e. The number of aromatic nitrogens is 1. The Morgan fingerprint density at radius 3 is 2.60 bits per heavy atom. The number of hydrogen-bond acceptors (Lipinski definition) is 11. The van der Waals surface area contributed by atoms with Gasteiger partial charge in [-0.1, -0.05) is 38.8 Å². The molecule has 4 aliphatic heterocycles. The van der Waals surface area contributed by atoms with Gasteiger partial charge in [0, 0.05) is 29.2 Å². The molecule has 2 aromatic rings. The van der Waals surface area contributed by atoms with Crippen LogP contribution in [0.1, 0.15) is 102 Å². The van der Waals surface area contributed by atoms with E-state index in [0.717, 1.165) is 35.0 Å². The van der Waals surface area contributed by atoms with E-state index in [1.165, 1.54) is 4.90 Å². The highest BCUT2D eigenvalue weighted by Gasteiger charge is 2.64. The molecule has 0 bridgehead atoms. The SMILES string of the molecule is COc1ccc2nc(C(C)C)c3c(c2c1)CC[C@]1(C[C@H]2C(=O)N[C@]4(C(=O)NS(=O)(=O)C5(C)CC5)C[C@H]4/C=C\CCCCC[C@H](NC(=O)OCC4COC4)C(=O)N2C1)O3. The molecule has 0 unspecified atom stereocenters. The molecule has 3 N–H and O–H groups in total. The van der Waals surface area contributed by atoms with E-state index in [-0.39, 0.29) is 37.8 Å². The van der Waals surface area contributed by atoms with Gasteiger partial charge in [-0.05, 0) is 82.4 Å². The number of methoxy groups -OCH3 is 1. The van der Waals surface area contributed by atoms with Gasteiger partial charge in [-0.15, -0.1) is 0 Å². The number of benzene rings is 1. The first kappa shape index (κ1) is 40.3. The monoisotopic (exact) mass is 821 g/mol. The average Bonchev–Trinajstić information content (AvgIpc) is 4.06. The van der Waals surface area contributed by atoms with E-state index in [1.54, 1.807) is 14.0 Å². The molecule has 4 fully saturated rings. The van der Waals surface area contributed by atoms with Gasteiger partial charge in [0.1, 0.15) is 41.3 Å². The van der Waals surface area contributed by atoms with Crippen molar-refractivity contribution < 1.29 is 46.5 Å². The van der Waals surface area contributed by atoms with Crippen LogP contribution >= 0.6 is 0 Å². The summed E-state index contributed by atoms with van der Waals surface area (Å²) in [6.07, 6.45) is 8.60. The molecule has 0 radical (unpaired) electrons.